The van der Waals surface area contributed by atoms with E-state index in [-0.39, 0.29) is 35.7 Å². The maximum atomic E-state index is 13.3. The molecule has 1 fully saturated rings. The highest BCUT2D eigenvalue weighted by atomic mass is 35.5. The van der Waals surface area contributed by atoms with Crippen molar-refractivity contribution in [2.45, 2.75) is 69.5 Å². The van der Waals surface area contributed by atoms with Gasteiger partial charge < -0.3 is 15.0 Å². The number of benzene rings is 2. The largest absolute Gasteiger partial charge is 0.382 e. The topological polar surface area (TPSA) is 105 Å². The molecule has 2 aromatic carbocycles. The van der Waals surface area contributed by atoms with Gasteiger partial charge in [-0.25, -0.2) is 13.1 Å². The predicted molar refractivity (Wildman–Crippen MR) is 144 cm³/mol. The number of rotatable bonds is 15. The molecular formula is C27H36ClN3O5S. The standard InChI is InChI=1S/C27H36ClN3O5S/c1-3-36-18-4-17-29-27(33)20(2)31(19-22-5-10-23(28)11-6-22)26(32)16-9-21-7-14-25(15-8-21)37(34,35)30-24-12-13-24/h5-8,10-11,14-15,20,24,30H,3-4,9,12-13,16-19H2,1-2H3,(H,29,33). The minimum atomic E-state index is -3.52. The summed E-state index contributed by atoms with van der Waals surface area (Å²) in [4.78, 5) is 27.9. The van der Waals surface area contributed by atoms with Crippen molar-refractivity contribution < 1.29 is 22.7 Å². The van der Waals surface area contributed by atoms with Gasteiger partial charge in [-0.05, 0) is 74.9 Å². The van der Waals surface area contributed by atoms with Gasteiger partial charge in [-0.3, -0.25) is 9.59 Å². The first-order valence-electron chi connectivity index (χ1n) is 12.7. The third-order valence-electron chi connectivity index (χ3n) is 6.16. The number of amides is 2. The molecule has 1 saturated carbocycles. The second kappa shape index (κ2) is 13.9. The number of ether oxygens (including phenoxy) is 1. The molecule has 0 aromatic heterocycles. The van der Waals surface area contributed by atoms with E-state index in [0.29, 0.717) is 37.6 Å². The Hall–Kier alpha value is -2.46. The van der Waals surface area contributed by atoms with Gasteiger partial charge in [-0.15, -0.1) is 0 Å². The summed E-state index contributed by atoms with van der Waals surface area (Å²) in [7, 11) is -3.52. The molecule has 0 heterocycles. The molecule has 0 saturated heterocycles. The zero-order valence-corrected chi connectivity index (χ0v) is 23.0. The lowest BCUT2D eigenvalue weighted by molar-refractivity contribution is -0.140. The molecule has 2 N–H and O–H groups in total. The Bertz CT molecular complexity index is 1140. The molecule has 0 bridgehead atoms. The smallest absolute Gasteiger partial charge is 0.242 e. The molecule has 3 rings (SSSR count). The van der Waals surface area contributed by atoms with Gasteiger partial charge >= 0.3 is 0 Å². The highest BCUT2D eigenvalue weighted by molar-refractivity contribution is 7.89. The van der Waals surface area contributed by atoms with Gasteiger partial charge in [0.25, 0.3) is 0 Å². The van der Waals surface area contributed by atoms with Crippen LogP contribution in [0.4, 0.5) is 0 Å². The lowest BCUT2D eigenvalue weighted by Crippen LogP contribution is -2.48. The molecule has 2 amide bonds. The highest BCUT2D eigenvalue weighted by Crippen LogP contribution is 2.22. The molecule has 1 aliphatic rings. The van der Waals surface area contributed by atoms with Gasteiger partial charge in [0, 0.05) is 43.8 Å². The van der Waals surface area contributed by atoms with Crippen molar-refractivity contribution in [2.24, 2.45) is 0 Å². The van der Waals surface area contributed by atoms with Crippen LogP contribution < -0.4 is 10.0 Å². The number of sulfonamides is 1. The number of carbonyl (C=O) groups excluding carboxylic acids is 2. The number of halogens is 1. The second-order valence-corrected chi connectivity index (χ2v) is 11.4. The summed E-state index contributed by atoms with van der Waals surface area (Å²) in [6.45, 7) is 5.57. The Morgan fingerprint density at radius 2 is 1.73 bits per heavy atom. The van der Waals surface area contributed by atoms with E-state index >= 15 is 0 Å². The molecule has 0 radical (unpaired) electrons. The van der Waals surface area contributed by atoms with Crippen molar-refractivity contribution in [3.8, 4) is 0 Å². The van der Waals surface area contributed by atoms with Crippen molar-refractivity contribution in [1.29, 1.82) is 0 Å². The van der Waals surface area contributed by atoms with Gasteiger partial charge in [0.1, 0.15) is 6.04 Å². The molecule has 8 nitrogen and oxygen atoms in total. The van der Waals surface area contributed by atoms with Crippen LogP contribution in [-0.4, -0.2) is 57.0 Å². The quantitative estimate of drug-likeness (QED) is 0.330. The van der Waals surface area contributed by atoms with Gasteiger partial charge in [0.05, 0.1) is 4.90 Å². The van der Waals surface area contributed by atoms with Crippen LogP contribution in [0.1, 0.15) is 50.7 Å². The zero-order valence-electron chi connectivity index (χ0n) is 21.4. The minimum absolute atomic E-state index is 0.0396. The number of carbonyl (C=O) groups is 2. The number of nitrogens with one attached hydrogen (secondary N) is 2. The van der Waals surface area contributed by atoms with E-state index in [2.05, 4.69) is 10.0 Å². The van der Waals surface area contributed by atoms with E-state index in [1.807, 2.05) is 19.1 Å². The van der Waals surface area contributed by atoms with Gasteiger partial charge in [-0.1, -0.05) is 35.9 Å². The second-order valence-electron chi connectivity index (χ2n) is 9.21. The average Bonchev–Trinajstić information content (AvgIpc) is 3.70. The SMILES string of the molecule is CCOCCCNC(=O)C(C)N(Cc1ccc(Cl)cc1)C(=O)CCc1ccc(S(=O)(=O)NC2CC2)cc1. The number of hydrogen-bond donors (Lipinski definition) is 2. The summed E-state index contributed by atoms with van der Waals surface area (Å²) in [6, 6.07) is 13.1. The van der Waals surface area contributed by atoms with Gasteiger partial charge in [0.15, 0.2) is 0 Å². The first kappa shape index (κ1) is 29.1. The van der Waals surface area contributed by atoms with Crippen LogP contribution in [0.3, 0.4) is 0 Å². The zero-order chi connectivity index (χ0) is 26.8. The number of hydrogen-bond acceptors (Lipinski definition) is 5. The summed E-state index contributed by atoms with van der Waals surface area (Å²) in [5.41, 5.74) is 1.71. The highest BCUT2D eigenvalue weighted by Gasteiger charge is 2.28. The van der Waals surface area contributed by atoms with Crippen LogP contribution in [0.15, 0.2) is 53.4 Å². The van der Waals surface area contributed by atoms with Crippen molar-refractivity contribution in [1.82, 2.24) is 14.9 Å². The fraction of sp³-hybridized carbons (Fsp3) is 0.481. The van der Waals surface area contributed by atoms with E-state index in [4.69, 9.17) is 16.3 Å². The molecule has 37 heavy (non-hydrogen) atoms. The van der Waals surface area contributed by atoms with Crippen LogP contribution in [0, 0.1) is 0 Å². The number of aryl methyl sites for hydroxylation is 1. The summed E-state index contributed by atoms with van der Waals surface area (Å²) < 4.78 is 32.7. The molecule has 1 unspecified atom stereocenters. The summed E-state index contributed by atoms with van der Waals surface area (Å²) in [5, 5.41) is 3.48. The first-order valence-corrected chi connectivity index (χ1v) is 14.6. The Kier molecular flexibility index (Phi) is 10.9. The summed E-state index contributed by atoms with van der Waals surface area (Å²) in [6.07, 6.45) is 3.04. The Balaban J connectivity index is 1.62. The molecule has 0 spiro atoms. The van der Waals surface area contributed by atoms with Crippen LogP contribution in [0.25, 0.3) is 0 Å². The van der Waals surface area contributed by atoms with Crippen LogP contribution in [0.5, 0.6) is 0 Å². The lowest BCUT2D eigenvalue weighted by Gasteiger charge is -2.29. The van der Waals surface area contributed by atoms with Crippen molar-refractivity contribution >= 4 is 33.4 Å². The molecule has 10 heteroatoms. The van der Waals surface area contributed by atoms with Crippen molar-refractivity contribution in [2.75, 3.05) is 19.8 Å². The lowest BCUT2D eigenvalue weighted by atomic mass is 10.1. The van der Waals surface area contributed by atoms with Crippen molar-refractivity contribution in [3.63, 3.8) is 0 Å². The van der Waals surface area contributed by atoms with Crippen molar-refractivity contribution in [3.05, 3.63) is 64.7 Å². The first-order chi connectivity index (χ1) is 17.7. The van der Waals surface area contributed by atoms with E-state index in [9.17, 15) is 18.0 Å². The summed E-state index contributed by atoms with van der Waals surface area (Å²) in [5.74, 6) is -0.393. The monoisotopic (exact) mass is 549 g/mol. The maximum Gasteiger partial charge on any atom is 0.242 e. The molecule has 1 atom stereocenters. The maximum absolute atomic E-state index is 13.3. The average molecular weight is 550 g/mol. The molecule has 0 aliphatic heterocycles. The minimum Gasteiger partial charge on any atom is -0.382 e. The van der Waals surface area contributed by atoms with Gasteiger partial charge in [0.2, 0.25) is 21.8 Å². The normalized spacial score (nSPS) is 14.2. The van der Waals surface area contributed by atoms with E-state index in [1.165, 1.54) is 0 Å². The molecular weight excluding hydrogens is 514 g/mol. The molecule has 202 valence electrons. The third-order valence-corrected chi connectivity index (χ3v) is 7.95. The van der Waals surface area contributed by atoms with Crippen LogP contribution in [-0.2, 0) is 37.3 Å². The van der Waals surface area contributed by atoms with Gasteiger partial charge in [-0.2, -0.15) is 0 Å². The fourth-order valence-electron chi connectivity index (χ4n) is 3.77. The third kappa shape index (κ3) is 9.41. The molecule has 1 aliphatic carbocycles. The predicted octanol–water partition coefficient (Wildman–Crippen LogP) is 3.67. The van der Waals surface area contributed by atoms with E-state index < -0.39 is 16.1 Å². The Morgan fingerprint density at radius 1 is 1.08 bits per heavy atom. The van der Waals surface area contributed by atoms with Crippen LogP contribution in [0.2, 0.25) is 5.02 Å². The summed E-state index contributed by atoms with van der Waals surface area (Å²) >= 11 is 6.01. The van der Waals surface area contributed by atoms with E-state index in [1.54, 1.807) is 48.2 Å². The fourth-order valence-corrected chi connectivity index (χ4v) is 5.20. The van der Waals surface area contributed by atoms with Crippen LogP contribution >= 0.6 is 11.6 Å². The number of nitrogens with zero attached hydrogens (tertiary/aromatic N) is 1. The Morgan fingerprint density at radius 3 is 2.35 bits per heavy atom. The Labute approximate surface area is 224 Å². The van der Waals surface area contributed by atoms with E-state index in [0.717, 1.165) is 24.0 Å². The molecule has 2 aromatic rings.